The first-order valence-corrected chi connectivity index (χ1v) is 15.3. The minimum atomic E-state index is -2.05. The molecule has 0 atom stereocenters. The standard InChI is InChI=1S/C29H38N6O2Si/c1-19(2)38(20(3)4,21(5)6)37-25-11-9-10-23(15-25)17-35-18-24(16-30-35)26(12-13-36)27-14-22(7)31-29-28(27)32-33-34(29)8/h9-16,18-21H,17H2,1-8H3/b26-12+. The van der Waals surface area contributed by atoms with Gasteiger partial charge in [0.25, 0.3) is 8.32 Å². The molecule has 200 valence electrons. The SMILES string of the molecule is Cc1cc(/C(=C/C=O)c2cnn(Cc3cccc(O[Si](C(C)C)(C(C)C)C(C)C)c3)c2)c2nnn(C)c2n1. The Balaban J connectivity index is 1.63. The van der Waals surface area contributed by atoms with Crippen LogP contribution in [0.4, 0.5) is 0 Å². The Hall–Kier alpha value is -3.59. The molecule has 3 heterocycles. The molecule has 0 spiro atoms. The maximum absolute atomic E-state index is 11.6. The molecule has 0 N–H and O–H groups in total. The second-order valence-electron chi connectivity index (χ2n) is 10.9. The van der Waals surface area contributed by atoms with Crippen molar-refractivity contribution < 1.29 is 9.22 Å². The van der Waals surface area contributed by atoms with Crippen molar-refractivity contribution in [2.75, 3.05) is 0 Å². The van der Waals surface area contributed by atoms with Gasteiger partial charge < -0.3 is 4.43 Å². The number of hydrogen-bond donors (Lipinski definition) is 0. The molecular formula is C29H38N6O2Si. The quantitative estimate of drug-likeness (QED) is 0.140. The number of benzene rings is 1. The summed E-state index contributed by atoms with van der Waals surface area (Å²) in [7, 11) is -0.241. The number of carbonyl (C=O) groups is 1. The number of aromatic nitrogens is 6. The first-order chi connectivity index (χ1) is 18.1. The zero-order valence-electron chi connectivity index (χ0n) is 23.6. The average molecular weight is 531 g/mol. The van der Waals surface area contributed by atoms with E-state index in [1.165, 1.54) is 0 Å². The van der Waals surface area contributed by atoms with Crippen molar-refractivity contribution in [3.05, 3.63) is 71.2 Å². The number of fused-ring (bicyclic) bond motifs is 1. The van der Waals surface area contributed by atoms with Crippen molar-refractivity contribution in [2.24, 2.45) is 7.05 Å². The van der Waals surface area contributed by atoms with Gasteiger partial charge in [-0.25, -0.2) is 9.67 Å². The van der Waals surface area contributed by atoms with Crippen LogP contribution < -0.4 is 4.43 Å². The zero-order chi connectivity index (χ0) is 27.6. The fourth-order valence-corrected chi connectivity index (χ4v) is 11.0. The van der Waals surface area contributed by atoms with Crippen LogP contribution in [0.1, 0.15) is 63.9 Å². The molecular weight excluding hydrogens is 492 g/mol. The van der Waals surface area contributed by atoms with Crippen molar-refractivity contribution in [3.8, 4) is 5.75 Å². The third-order valence-electron chi connectivity index (χ3n) is 7.40. The number of carbonyl (C=O) groups excluding carboxylic acids is 1. The van der Waals surface area contributed by atoms with E-state index in [1.807, 2.05) is 23.9 Å². The van der Waals surface area contributed by atoms with E-state index in [4.69, 9.17) is 4.43 Å². The highest BCUT2D eigenvalue weighted by molar-refractivity contribution is 6.78. The molecule has 9 heteroatoms. The Morgan fingerprint density at radius 1 is 1.08 bits per heavy atom. The van der Waals surface area contributed by atoms with Crippen molar-refractivity contribution in [3.63, 3.8) is 0 Å². The molecule has 0 aliphatic carbocycles. The van der Waals surface area contributed by atoms with Crippen LogP contribution in [0.15, 0.2) is 48.8 Å². The first-order valence-electron chi connectivity index (χ1n) is 13.2. The molecule has 0 saturated heterocycles. The topological polar surface area (TPSA) is 87.7 Å². The molecule has 0 aliphatic heterocycles. The van der Waals surface area contributed by atoms with Gasteiger partial charge in [0.15, 0.2) is 5.65 Å². The van der Waals surface area contributed by atoms with E-state index in [2.05, 4.69) is 86.2 Å². The van der Waals surface area contributed by atoms with Gasteiger partial charge in [-0.3, -0.25) is 9.48 Å². The maximum atomic E-state index is 11.6. The van der Waals surface area contributed by atoms with E-state index in [1.54, 1.807) is 24.0 Å². The Morgan fingerprint density at radius 3 is 2.45 bits per heavy atom. The molecule has 38 heavy (non-hydrogen) atoms. The lowest BCUT2D eigenvalue weighted by Crippen LogP contribution is -2.50. The summed E-state index contributed by atoms with van der Waals surface area (Å²) in [6.45, 7) is 16.3. The molecule has 1 aromatic carbocycles. The molecule has 0 amide bonds. The summed E-state index contributed by atoms with van der Waals surface area (Å²) in [6.07, 6.45) is 6.07. The summed E-state index contributed by atoms with van der Waals surface area (Å²) in [5.41, 5.74) is 7.12. The van der Waals surface area contributed by atoms with Crippen LogP contribution in [0.5, 0.6) is 5.75 Å². The van der Waals surface area contributed by atoms with Crippen LogP contribution in [0, 0.1) is 6.92 Å². The second-order valence-corrected chi connectivity index (χ2v) is 16.3. The van der Waals surface area contributed by atoms with Crippen LogP contribution in [0.25, 0.3) is 16.7 Å². The Morgan fingerprint density at radius 2 is 1.79 bits per heavy atom. The van der Waals surface area contributed by atoms with Crippen molar-refractivity contribution >= 4 is 31.3 Å². The zero-order valence-corrected chi connectivity index (χ0v) is 24.6. The van der Waals surface area contributed by atoms with Gasteiger partial charge in [0.2, 0.25) is 0 Å². The number of aldehydes is 1. The monoisotopic (exact) mass is 530 g/mol. The van der Waals surface area contributed by atoms with E-state index in [9.17, 15) is 4.79 Å². The lowest BCUT2D eigenvalue weighted by atomic mass is 9.99. The van der Waals surface area contributed by atoms with Crippen LogP contribution in [0.2, 0.25) is 16.6 Å². The lowest BCUT2D eigenvalue weighted by molar-refractivity contribution is -0.104. The summed E-state index contributed by atoms with van der Waals surface area (Å²) >= 11 is 0. The van der Waals surface area contributed by atoms with Gasteiger partial charge in [0, 0.05) is 30.1 Å². The highest BCUT2D eigenvalue weighted by atomic mass is 28.4. The fourth-order valence-electron chi connectivity index (χ4n) is 5.78. The Labute approximate surface area is 225 Å². The molecule has 4 rings (SSSR count). The number of hydrogen-bond acceptors (Lipinski definition) is 6. The summed E-state index contributed by atoms with van der Waals surface area (Å²) in [4.78, 5) is 16.2. The predicted octanol–water partition coefficient (Wildman–Crippen LogP) is 6.10. The third-order valence-corrected chi connectivity index (χ3v) is 13.4. The summed E-state index contributed by atoms with van der Waals surface area (Å²) in [6, 6.07) is 10.3. The van der Waals surface area contributed by atoms with Gasteiger partial charge in [-0.05, 0) is 59.0 Å². The third kappa shape index (κ3) is 5.20. The molecule has 0 fully saturated rings. The molecule has 0 bridgehead atoms. The molecule has 0 aliphatic rings. The molecule has 4 aromatic rings. The van der Waals surface area contributed by atoms with Crippen LogP contribution in [-0.2, 0) is 18.4 Å². The minimum absolute atomic E-state index is 0.500. The fraction of sp³-hybridized carbons (Fsp3) is 0.414. The van der Waals surface area contributed by atoms with E-state index < -0.39 is 8.32 Å². The van der Waals surface area contributed by atoms with E-state index in [-0.39, 0.29) is 0 Å². The van der Waals surface area contributed by atoms with E-state index in [0.29, 0.717) is 34.3 Å². The largest absolute Gasteiger partial charge is 0.543 e. The van der Waals surface area contributed by atoms with Crippen molar-refractivity contribution in [1.82, 2.24) is 29.8 Å². The van der Waals surface area contributed by atoms with E-state index in [0.717, 1.165) is 40.0 Å². The van der Waals surface area contributed by atoms with Crippen LogP contribution in [0.3, 0.4) is 0 Å². The first kappa shape index (κ1) is 27.4. The molecule has 0 radical (unpaired) electrons. The normalized spacial score (nSPS) is 12.8. The van der Waals surface area contributed by atoms with Crippen molar-refractivity contribution in [2.45, 2.75) is 71.6 Å². The van der Waals surface area contributed by atoms with E-state index >= 15 is 0 Å². The number of aryl methyl sites for hydroxylation is 2. The molecule has 8 nitrogen and oxygen atoms in total. The van der Waals surface area contributed by atoms with Gasteiger partial charge in [-0.15, -0.1) is 5.10 Å². The Bertz CT molecular complexity index is 1450. The molecule has 3 aromatic heterocycles. The number of pyridine rings is 1. The molecule has 0 unspecified atom stereocenters. The number of rotatable bonds is 10. The highest BCUT2D eigenvalue weighted by Crippen LogP contribution is 2.42. The minimum Gasteiger partial charge on any atom is -0.543 e. The van der Waals surface area contributed by atoms with Crippen LogP contribution >= 0.6 is 0 Å². The second kappa shape index (κ2) is 11.0. The molecule has 0 saturated carbocycles. The smallest absolute Gasteiger partial charge is 0.258 e. The lowest BCUT2D eigenvalue weighted by Gasteiger charge is -2.42. The summed E-state index contributed by atoms with van der Waals surface area (Å²) in [5.74, 6) is 0.927. The van der Waals surface area contributed by atoms with Gasteiger partial charge in [-0.2, -0.15) is 5.10 Å². The van der Waals surface area contributed by atoms with Gasteiger partial charge in [-0.1, -0.05) is 58.9 Å². The van der Waals surface area contributed by atoms with Gasteiger partial charge in [0.1, 0.15) is 17.6 Å². The summed E-state index contributed by atoms with van der Waals surface area (Å²) in [5, 5.41) is 13.0. The van der Waals surface area contributed by atoms with Crippen molar-refractivity contribution in [1.29, 1.82) is 0 Å². The Kier molecular flexibility index (Phi) is 7.96. The van der Waals surface area contributed by atoms with Gasteiger partial charge >= 0.3 is 0 Å². The maximum Gasteiger partial charge on any atom is 0.258 e. The average Bonchev–Trinajstić information content (AvgIpc) is 3.47. The number of nitrogens with zero attached hydrogens (tertiary/aromatic N) is 6. The number of allylic oxidation sites excluding steroid dienone is 1. The van der Waals surface area contributed by atoms with Crippen LogP contribution in [-0.4, -0.2) is 44.4 Å². The van der Waals surface area contributed by atoms with Gasteiger partial charge in [0.05, 0.1) is 12.7 Å². The highest BCUT2D eigenvalue weighted by Gasteiger charge is 2.47. The predicted molar refractivity (Wildman–Crippen MR) is 154 cm³/mol. The summed E-state index contributed by atoms with van der Waals surface area (Å²) < 4.78 is 10.4.